The Morgan fingerprint density at radius 2 is 1.62 bits per heavy atom. The maximum absolute atomic E-state index is 12.9. The number of benzene rings is 1. The number of allylic oxidation sites excluding steroid dienone is 2. The van der Waals surface area contributed by atoms with E-state index in [1.807, 2.05) is 0 Å². The number of hydrogen-bond donors (Lipinski definition) is 1. The van der Waals surface area contributed by atoms with Gasteiger partial charge in [-0.15, -0.1) is 0 Å². The van der Waals surface area contributed by atoms with Crippen LogP contribution in [-0.4, -0.2) is 41.7 Å². The summed E-state index contributed by atoms with van der Waals surface area (Å²) >= 11 is 0. The second-order valence-electron chi connectivity index (χ2n) is 8.26. The number of anilines is 1. The molecule has 7 nitrogen and oxygen atoms in total. The minimum absolute atomic E-state index is 0.148. The summed E-state index contributed by atoms with van der Waals surface area (Å²) in [4.78, 5) is 51.1. The van der Waals surface area contributed by atoms with Gasteiger partial charge in [-0.3, -0.25) is 19.3 Å². The van der Waals surface area contributed by atoms with Crippen molar-refractivity contribution in [2.45, 2.75) is 13.3 Å². The van der Waals surface area contributed by atoms with Gasteiger partial charge in [0, 0.05) is 5.69 Å². The van der Waals surface area contributed by atoms with Crippen LogP contribution in [0.25, 0.3) is 0 Å². The van der Waals surface area contributed by atoms with Crippen LogP contribution in [0, 0.1) is 35.5 Å². The Kier molecular flexibility index (Phi) is 4.08. The molecule has 2 bridgehead atoms. The van der Waals surface area contributed by atoms with Crippen LogP contribution in [0.3, 0.4) is 0 Å². The molecule has 3 amide bonds. The van der Waals surface area contributed by atoms with E-state index in [-0.39, 0.29) is 48.6 Å². The number of imide groups is 1. The maximum atomic E-state index is 12.9. The lowest BCUT2D eigenvalue weighted by Gasteiger charge is -2.37. The number of hydrogen-bond acceptors (Lipinski definition) is 5. The quantitative estimate of drug-likeness (QED) is 0.467. The molecule has 1 aromatic rings. The van der Waals surface area contributed by atoms with Gasteiger partial charge in [-0.2, -0.15) is 0 Å². The number of esters is 1. The monoisotopic (exact) mass is 394 g/mol. The molecular weight excluding hydrogens is 372 g/mol. The van der Waals surface area contributed by atoms with Gasteiger partial charge in [0.1, 0.15) is 6.54 Å². The molecule has 7 heteroatoms. The second kappa shape index (κ2) is 6.54. The lowest BCUT2D eigenvalue weighted by molar-refractivity contribution is -0.142. The van der Waals surface area contributed by atoms with Crippen LogP contribution in [0.15, 0.2) is 36.4 Å². The molecule has 1 heterocycles. The lowest BCUT2D eigenvalue weighted by Crippen LogP contribution is -2.40. The first-order valence-electron chi connectivity index (χ1n) is 10.1. The minimum Gasteiger partial charge on any atom is -0.462 e. The van der Waals surface area contributed by atoms with E-state index in [1.54, 1.807) is 31.2 Å². The fourth-order valence-electron chi connectivity index (χ4n) is 5.42. The molecule has 0 unspecified atom stereocenters. The smallest absolute Gasteiger partial charge is 0.338 e. The molecule has 2 saturated carbocycles. The van der Waals surface area contributed by atoms with Crippen LogP contribution < -0.4 is 5.32 Å². The normalized spacial score (nSPS) is 33.3. The average molecular weight is 394 g/mol. The van der Waals surface area contributed by atoms with Gasteiger partial charge < -0.3 is 10.1 Å². The molecule has 0 radical (unpaired) electrons. The molecule has 0 spiro atoms. The molecule has 1 aromatic carbocycles. The fraction of sp³-hybridized carbons (Fsp3) is 0.455. The fourth-order valence-corrected chi connectivity index (χ4v) is 5.42. The van der Waals surface area contributed by atoms with Gasteiger partial charge in [-0.1, -0.05) is 12.2 Å². The molecule has 1 saturated heterocycles. The molecule has 0 aromatic heterocycles. The zero-order valence-electron chi connectivity index (χ0n) is 16.0. The first kappa shape index (κ1) is 18.1. The number of nitrogens with zero attached hydrogens (tertiary/aromatic N) is 1. The van der Waals surface area contributed by atoms with E-state index in [0.717, 1.165) is 11.3 Å². The zero-order valence-corrected chi connectivity index (χ0v) is 16.0. The largest absolute Gasteiger partial charge is 0.462 e. The predicted molar refractivity (Wildman–Crippen MR) is 102 cm³/mol. The Morgan fingerprint density at radius 3 is 2.17 bits per heavy atom. The van der Waals surface area contributed by atoms with Crippen molar-refractivity contribution in [3.05, 3.63) is 42.0 Å². The first-order chi connectivity index (χ1) is 14.0. The number of carbonyl (C=O) groups is 4. The van der Waals surface area contributed by atoms with Gasteiger partial charge in [0.2, 0.25) is 17.7 Å². The van der Waals surface area contributed by atoms with E-state index in [9.17, 15) is 19.2 Å². The van der Waals surface area contributed by atoms with Crippen LogP contribution in [-0.2, 0) is 19.1 Å². The lowest BCUT2D eigenvalue weighted by atomic mass is 9.63. The molecule has 1 aliphatic heterocycles. The van der Waals surface area contributed by atoms with Gasteiger partial charge in [0.25, 0.3) is 0 Å². The van der Waals surface area contributed by atoms with Crippen LogP contribution in [0.4, 0.5) is 5.69 Å². The van der Waals surface area contributed by atoms with E-state index < -0.39 is 11.9 Å². The number of likely N-dealkylation sites (tertiary alicyclic amines) is 1. The highest BCUT2D eigenvalue weighted by atomic mass is 16.5. The molecular formula is C22H22N2O5. The van der Waals surface area contributed by atoms with Crippen molar-refractivity contribution in [3.63, 3.8) is 0 Å². The Morgan fingerprint density at radius 1 is 1.03 bits per heavy atom. The molecule has 6 rings (SSSR count). The molecule has 1 N–H and O–H groups in total. The third kappa shape index (κ3) is 2.79. The van der Waals surface area contributed by atoms with Crippen LogP contribution in [0.1, 0.15) is 23.7 Å². The number of amides is 3. The molecule has 4 aliphatic carbocycles. The Hall–Kier alpha value is -2.96. The Labute approximate surface area is 168 Å². The van der Waals surface area contributed by atoms with Crippen molar-refractivity contribution in [1.82, 2.24) is 4.90 Å². The third-order valence-corrected chi connectivity index (χ3v) is 6.74. The van der Waals surface area contributed by atoms with E-state index >= 15 is 0 Å². The van der Waals surface area contributed by atoms with Crippen molar-refractivity contribution in [2.24, 2.45) is 35.5 Å². The van der Waals surface area contributed by atoms with E-state index in [2.05, 4.69) is 17.5 Å². The number of rotatable bonds is 5. The van der Waals surface area contributed by atoms with Gasteiger partial charge in [0.05, 0.1) is 24.0 Å². The summed E-state index contributed by atoms with van der Waals surface area (Å²) < 4.78 is 4.93. The Balaban J connectivity index is 1.24. The van der Waals surface area contributed by atoms with E-state index in [4.69, 9.17) is 4.74 Å². The van der Waals surface area contributed by atoms with Gasteiger partial charge >= 0.3 is 5.97 Å². The SMILES string of the molecule is CCOC(=O)c1ccc(NC(=O)CN2C(=O)[C@H]3[C@@H]4C=C[C@@H]([C@H]5C[C@H]45)[C@@H]3C2=O)cc1. The molecule has 150 valence electrons. The van der Waals surface area contributed by atoms with Crippen molar-refractivity contribution < 1.29 is 23.9 Å². The van der Waals surface area contributed by atoms with Crippen LogP contribution >= 0.6 is 0 Å². The van der Waals surface area contributed by atoms with Crippen molar-refractivity contribution in [1.29, 1.82) is 0 Å². The predicted octanol–water partition coefficient (Wildman–Crippen LogP) is 1.85. The number of ether oxygens (including phenoxy) is 1. The molecule has 29 heavy (non-hydrogen) atoms. The van der Waals surface area contributed by atoms with Crippen molar-refractivity contribution in [3.8, 4) is 0 Å². The average Bonchev–Trinajstić information content (AvgIpc) is 3.50. The summed E-state index contributed by atoms with van der Waals surface area (Å²) in [5.74, 6) is -0.498. The maximum Gasteiger partial charge on any atom is 0.338 e. The van der Waals surface area contributed by atoms with Crippen LogP contribution in [0.2, 0.25) is 0 Å². The van der Waals surface area contributed by atoms with Gasteiger partial charge in [-0.05, 0) is 61.3 Å². The summed E-state index contributed by atoms with van der Waals surface area (Å²) in [7, 11) is 0. The summed E-state index contributed by atoms with van der Waals surface area (Å²) in [6, 6.07) is 6.30. The highest BCUT2D eigenvalue weighted by Gasteiger charge is 2.67. The molecule has 5 aliphatic rings. The Bertz CT molecular complexity index is 901. The molecule has 6 atom stereocenters. The molecule has 3 fully saturated rings. The third-order valence-electron chi connectivity index (χ3n) is 6.74. The van der Waals surface area contributed by atoms with Crippen molar-refractivity contribution in [2.75, 3.05) is 18.5 Å². The summed E-state index contributed by atoms with van der Waals surface area (Å²) in [6.45, 7) is 1.74. The van der Waals surface area contributed by atoms with Gasteiger partial charge in [-0.25, -0.2) is 4.79 Å². The van der Waals surface area contributed by atoms with E-state index in [1.165, 1.54) is 0 Å². The summed E-state index contributed by atoms with van der Waals surface area (Å²) in [6.07, 6.45) is 5.33. The van der Waals surface area contributed by atoms with Crippen LogP contribution in [0.5, 0.6) is 0 Å². The topological polar surface area (TPSA) is 92.8 Å². The standard InChI is InChI=1S/C22H22N2O5/c1-2-29-22(28)11-3-5-12(6-4-11)23-17(25)10-24-20(26)18-13-7-8-14(16-9-15(13)16)19(18)21(24)27/h3-8,13-16,18-19H,2,9-10H2,1H3,(H,23,25)/t13-,14+,15-,16-,18+,19+/m1/s1. The highest BCUT2D eigenvalue weighted by molar-refractivity contribution is 6.09. The number of carbonyl (C=O) groups excluding carboxylic acids is 4. The first-order valence-corrected chi connectivity index (χ1v) is 10.1. The highest BCUT2D eigenvalue weighted by Crippen LogP contribution is 2.65. The second-order valence-corrected chi connectivity index (χ2v) is 8.26. The summed E-state index contributed by atoms with van der Waals surface area (Å²) in [5.41, 5.74) is 0.878. The minimum atomic E-state index is -0.431. The number of nitrogens with one attached hydrogen (secondary N) is 1. The zero-order chi connectivity index (χ0) is 20.3. The van der Waals surface area contributed by atoms with Gasteiger partial charge in [0.15, 0.2) is 0 Å². The summed E-state index contributed by atoms with van der Waals surface area (Å²) in [5, 5.41) is 2.69. The van der Waals surface area contributed by atoms with E-state index in [0.29, 0.717) is 23.1 Å². The van der Waals surface area contributed by atoms with Crippen molar-refractivity contribution >= 4 is 29.4 Å².